The van der Waals surface area contributed by atoms with Gasteiger partial charge in [0.15, 0.2) is 6.04 Å². The first-order chi connectivity index (χ1) is 14.5. The Morgan fingerprint density at radius 2 is 1.53 bits per heavy atom. The summed E-state index contributed by atoms with van der Waals surface area (Å²) in [5, 5.41) is 12.2. The first kappa shape index (κ1) is 19.7. The van der Waals surface area contributed by atoms with Gasteiger partial charge >= 0.3 is 12.1 Å². The van der Waals surface area contributed by atoms with Gasteiger partial charge in [-0.05, 0) is 52.8 Å². The molecule has 0 radical (unpaired) electrons. The van der Waals surface area contributed by atoms with Crippen molar-refractivity contribution in [3.8, 4) is 11.1 Å². The summed E-state index contributed by atoms with van der Waals surface area (Å²) in [7, 11) is 0. The van der Waals surface area contributed by atoms with Crippen molar-refractivity contribution in [2.24, 2.45) is 0 Å². The second-order valence-electron chi connectivity index (χ2n) is 7.53. The van der Waals surface area contributed by atoms with Crippen LogP contribution in [0.4, 0.5) is 4.79 Å². The van der Waals surface area contributed by atoms with E-state index in [0.717, 1.165) is 33.4 Å². The number of hydrogen-bond donors (Lipinski definition) is 2. The van der Waals surface area contributed by atoms with Crippen molar-refractivity contribution in [2.45, 2.75) is 25.8 Å². The van der Waals surface area contributed by atoms with E-state index in [1.807, 2.05) is 56.3 Å². The Morgan fingerprint density at radius 3 is 2.13 bits per heavy atom. The van der Waals surface area contributed by atoms with Crippen LogP contribution in [0.25, 0.3) is 11.1 Å². The minimum absolute atomic E-state index is 0.0767. The van der Waals surface area contributed by atoms with Crippen molar-refractivity contribution in [3.63, 3.8) is 0 Å². The lowest BCUT2D eigenvalue weighted by Gasteiger charge is -2.19. The van der Waals surface area contributed by atoms with Gasteiger partial charge in [0.25, 0.3) is 0 Å². The minimum Gasteiger partial charge on any atom is -0.479 e. The molecule has 1 aliphatic carbocycles. The number of carboxylic acids is 1. The molecule has 1 unspecified atom stereocenters. The second kappa shape index (κ2) is 8.03. The number of amides is 1. The molecule has 0 bridgehead atoms. The Morgan fingerprint density at radius 1 is 0.933 bits per heavy atom. The van der Waals surface area contributed by atoms with Crippen LogP contribution in [-0.4, -0.2) is 23.8 Å². The van der Waals surface area contributed by atoms with E-state index in [9.17, 15) is 14.7 Å². The largest absolute Gasteiger partial charge is 0.479 e. The number of aryl methyl sites for hydroxylation is 1. The average Bonchev–Trinajstić information content (AvgIpc) is 3.06. The van der Waals surface area contributed by atoms with Gasteiger partial charge in [-0.15, -0.1) is 0 Å². The van der Waals surface area contributed by atoms with Crippen molar-refractivity contribution in [1.82, 2.24) is 5.32 Å². The molecule has 5 heteroatoms. The molecular formula is C25H23NO4. The molecule has 0 fully saturated rings. The Hall–Kier alpha value is -3.60. The monoisotopic (exact) mass is 401 g/mol. The normalized spacial score (nSPS) is 13.3. The van der Waals surface area contributed by atoms with E-state index in [1.165, 1.54) is 0 Å². The zero-order chi connectivity index (χ0) is 21.3. The number of alkyl carbamates (subject to hydrolysis) is 1. The van der Waals surface area contributed by atoms with Crippen molar-refractivity contribution in [3.05, 3.63) is 94.5 Å². The number of nitrogens with one attached hydrogen (secondary N) is 1. The highest BCUT2D eigenvalue weighted by Gasteiger charge is 2.30. The van der Waals surface area contributed by atoms with Crippen LogP contribution in [0.15, 0.2) is 66.7 Å². The molecule has 0 spiro atoms. The molecular weight excluding hydrogens is 378 g/mol. The summed E-state index contributed by atoms with van der Waals surface area (Å²) in [6.45, 7) is 3.89. The zero-order valence-corrected chi connectivity index (χ0v) is 16.9. The van der Waals surface area contributed by atoms with E-state index in [2.05, 4.69) is 17.4 Å². The molecule has 30 heavy (non-hydrogen) atoms. The summed E-state index contributed by atoms with van der Waals surface area (Å²) in [5.74, 6) is -1.20. The highest BCUT2D eigenvalue weighted by Crippen LogP contribution is 2.44. The Kier molecular flexibility index (Phi) is 5.27. The maximum atomic E-state index is 12.5. The molecule has 2 N–H and O–H groups in total. The Labute approximate surface area is 175 Å². The van der Waals surface area contributed by atoms with E-state index < -0.39 is 18.1 Å². The molecule has 0 aromatic heterocycles. The smallest absolute Gasteiger partial charge is 0.408 e. The predicted octanol–water partition coefficient (Wildman–Crippen LogP) is 4.97. The Bertz CT molecular complexity index is 1080. The van der Waals surface area contributed by atoms with Gasteiger partial charge < -0.3 is 15.2 Å². The number of aliphatic carboxylic acids is 1. The van der Waals surface area contributed by atoms with E-state index >= 15 is 0 Å². The maximum Gasteiger partial charge on any atom is 0.408 e. The van der Waals surface area contributed by atoms with Gasteiger partial charge in [-0.25, -0.2) is 9.59 Å². The fourth-order valence-electron chi connectivity index (χ4n) is 4.12. The molecule has 4 rings (SSSR count). The van der Waals surface area contributed by atoms with Crippen LogP contribution in [0.1, 0.15) is 39.8 Å². The van der Waals surface area contributed by atoms with Crippen molar-refractivity contribution < 1.29 is 19.4 Å². The van der Waals surface area contributed by atoms with Gasteiger partial charge in [0, 0.05) is 5.92 Å². The lowest BCUT2D eigenvalue weighted by Crippen LogP contribution is -2.35. The molecule has 1 atom stereocenters. The van der Waals surface area contributed by atoms with Crippen LogP contribution < -0.4 is 5.32 Å². The van der Waals surface area contributed by atoms with Gasteiger partial charge in [-0.3, -0.25) is 0 Å². The molecule has 5 nitrogen and oxygen atoms in total. The highest BCUT2D eigenvalue weighted by molar-refractivity contribution is 5.82. The second-order valence-corrected chi connectivity index (χ2v) is 7.53. The van der Waals surface area contributed by atoms with Crippen molar-refractivity contribution in [2.75, 3.05) is 6.61 Å². The molecule has 1 aliphatic rings. The SMILES string of the molecule is Cc1cccc(C(NC(=O)OCC2c3ccccc3-c3ccccc32)C(=O)O)c1C. The fourth-order valence-corrected chi connectivity index (χ4v) is 4.12. The predicted molar refractivity (Wildman–Crippen MR) is 114 cm³/mol. The molecule has 152 valence electrons. The van der Waals surface area contributed by atoms with Crippen molar-refractivity contribution >= 4 is 12.1 Å². The van der Waals surface area contributed by atoms with Gasteiger partial charge in [0.2, 0.25) is 0 Å². The summed E-state index contributed by atoms with van der Waals surface area (Å²) in [6, 6.07) is 20.4. The highest BCUT2D eigenvalue weighted by atomic mass is 16.5. The number of benzene rings is 3. The van der Waals surface area contributed by atoms with Crippen LogP contribution >= 0.6 is 0 Å². The lowest BCUT2D eigenvalue weighted by molar-refractivity contribution is -0.139. The molecule has 0 saturated heterocycles. The molecule has 0 heterocycles. The zero-order valence-electron chi connectivity index (χ0n) is 16.9. The lowest BCUT2D eigenvalue weighted by atomic mass is 9.97. The van der Waals surface area contributed by atoms with Crippen LogP contribution in [-0.2, 0) is 9.53 Å². The first-order valence-electron chi connectivity index (χ1n) is 9.87. The third-order valence-electron chi connectivity index (χ3n) is 5.81. The van der Waals surface area contributed by atoms with Gasteiger partial charge in [0.05, 0.1) is 0 Å². The van der Waals surface area contributed by atoms with Crippen LogP contribution in [0, 0.1) is 13.8 Å². The number of carboxylic acid groups (broad SMARTS) is 1. The summed E-state index contributed by atoms with van der Waals surface area (Å²) in [4.78, 5) is 24.3. The standard InChI is InChI=1S/C25H23NO4/c1-15-8-7-13-17(16(15)2)23(24(27)28)26-25(29)30-14-22-20-11-5-3-9-18(20)19-10-4-6-12-21(19)22/h3-13,22-23H,14H2,1-2H3,(H,26,29)(H,27,28). The summed E-state index contributed by atoms with van der Waals surface area (Å²) >= 11 is 0. The van der Waals surface area contributed by atoms with Gasteiger partial charge in [-0.1, -0.05) is 66.7 Å². The molecule has 3 aromatic rings. The van der Waals surface area contributed by atoms with E-state index in [1.54, 1.807) is 12.1 Å². The quantitative estimate of drug-likeness (QED) is 0.633. The molecule has 1 amide bonds. The van der Waals surface area contributed by atoms with E-state index in [-0.39, 0.29) is 12.5 Å². The average molecular weight is 401 g/mol. The number of rotatable bonds is 5. The molecule has 0 aliphatic heterocycles. The fraction of sp³-hybridized carbons (Fsp3) is 0.200. The summed E-state index contributed by atoms with van der Waals surface area (Å²) in [6.07, 6.45) is -0.745. The molecule has 3 aromatic carbocycles. The van der Waals surface area contributed by atoms with Gasteiger partial charge in [-0.2, -0.15) is 0 Å². The Balaban J connectivity index is 1.51. The minimum atomic E-state index is -1.17. The van der Waals surface area contributed by atoms with Crippen LogP contribution in [0.2, 0.25) is 0 Å². The number of carbonyl (C=O) groups is 2. The molecule has 0 saturated carbocycles. The third kappa shape index (κ3) is 3.54. The third-order valence-corrected chi connectivity index (χ3v) is 5.81. The summed E-state index contributed by atoms with van der Waals surface area (Å²) in [5.41, 5.74) is 6.85. The number of fused-ring (bicyclic) bond motifs is 3. The maximum absolute atomic E-state index is 12.5. The van der Waals surface area contributed by atoms with Crippen LogP contribution in [0.3, 0.4) is 0 Å². The summed E-state index contributed by atoms with van der Waals surface area (Å²) < 4.78 is 5.50. The number of ether oxygens (including phenoxy) is 1. The van der Waals surface area contributed by atoms with E-state index in [0.29, 0.717) is 5.56 Å². The van der Waals surface area contributed by atoms with Crippen LogP contribution in [0.5, 0.6) is 0 Å². The van der Waals surface area contributed by atoms with Crippen molar-refractivity contribution in [1.29, 1.82) is 0 Å². The van der Waals surface area contributed by atoms with E-state index in [4.69, 9.17) is 4.74 Å². The topological polar surface area (TPSA) is 75.6 Å². The number of carbonyl (C=O) groups excluding carboxylic acids is 1. The van der Waals surface area contributed by atoms with Gasteiger partial charge in [0.1, 0.15) is 6.61 Å². The first-order valence-corrected chi connectivity index (χ1v) is 9.87. The number of hydrogen-bond acceptors (Lipinski definition) is 3.